The molecule has 0 aliphatic heterocycles. The number of hydrazone groups is 1. The first kappa shape index (κ1) is 15.6. The lowest BCUT2D eigenvalue weighted by Gasteiger charge is -2.05. The fraction of sp³-hybridized carbons (Fsp3) is 0.0526. The molecule has 0 spiro atoms. The van der Waals surface area contributed by atoms with Gasteiger partial charge in [-0.3, -0.25) is 4.79 Å². The number of nitrogens with zero attached hydrogens (tertiary/aromatic N) is 1. The Labute approximate surface area is 138 Å². The van der Waals surface area contributed by atoms with E-state index in [1.807, 2.05) is 42.5 Å². The molecule has 0 bridgehead atoms. The molecule has 0 aliphatic rings. The monoisotopic (exact) mass is 320 g/mol. The van der Waals surface area contributed by atoms with Gasteiger partial charge in [-0.1, -0.05) is 42.5 Å². The van der Waals surface area contributed by atoms with Crippen LogP contribution in [0.15, 0.2) is 65.8 Å². The summed E-state index contributed by atoms with van der Waals surface area (Å²) in [4.78, 5) is 12.1. The Kier molecular flexibility index (Phi) is 4.43. The summed E-state index contributed by atoms with van der Waals surface area (Å²) >= 11 is 0. The molecule has 5 nitrogen and oxygen atoms in total. The largest absolute Gasteiger partial charge is 0.508 e. The van der Waals surface area contributed by atoms with Crippen molar-refractivity contribution in [3.63, 3.8) is 0 Å². The van der Waals surface area contributed by atoms with E-state index in [1.165, 1.54) is 24.4 Å². The zero-order valence-corrected chi connectivity index (χ0v) is 12.8. The highest BCUT2D eigenvalue weighted by atomic mass is 16.3. The Morgan fingerprint density at radius 1 is 1.04 bits per heavy atom. The molecule has 0 fully saturated rings. The van der Waals surface area contributed by atoms with E-state index in [2.05, 4.69) is 10.5 Å². The second-order valence-electron chi connectivity index (χ2n) is 5.35. The fourth-order valence-corrected chi connectivity index (χ4v) is 2.47. The van der Waals surface area contributed by atoms with Gasteiger partial charge in [0.05, 0.1) is 12.6 Å². The fourth-order valence-electron chi connectivity index (χ4n) is 2.47. The quantitative estimate of drug-likeness (QED) is 0.510. The van der Waals surface area contributed by atoms with Crippen molar-refractivity contribution in [2.75, 3.05) is 0 Å². The number of nitrogens with one attached hydrogen (secondary N) is 1. The van der Waals surface area contributed by atoms with E-state index in [0.29, 0.717) is 5.56 Å². The molecule has 0 heterocycles. The highest BCUT2D eigenvalue weighted by molar-refractivity contribution is 5.91. The van der Waals surface area contributed by atoms with Gasteiger partial charge in [-0.2, -0.15) is 5.10 Å². The van der Waals surface area contributed by atoms with Gasteiger partial charge in [0.2, 0.25) is 5.91 Å². The lowest BCUT2D eigenvalue weighted by molar-refractivity contribution is -0.120. The van der Waals surface area contributed by atoms with Gasteiger partial charge < -0.3 is 10.2 Å². The predicted molar refractivity (Wildman–Crippen MR) is 93.2 cm³/mol. The van der Waals surface area contributed by atoms with E-state index in [4.69, 9.17) is 0 Å². The highest BCUT2D eigenvalue weighted by Crippen LogP contribution is 2.21. The molecule has 24 heavy (non-hydrogen) atoms. The number of benzene rings is 3. The molecular formula is C19H16N2O3. The second kappa shape index (κ2) is 6.83. The first-order valence-corrected chi connectivity index (χ1v) is 7.44. The average molecular weight is 320 g/mol. The number of aromatic hydroxyl groups is 2. The Bertz CT molecular complexity index is 914. The molecular weight excluding hydrogens is 304 g/mol. The third-order valence-electron chi connectivity index (χ3n) is 3.64. The zero-order valence-electron chi connectivity index (χ0n) is 12.8. The Balaban J connectivity index is 1.68. The Morgan fingerprint density at radius 3 is 2.67 bits per heavy atom. The van der Waals surface area contributed by atoms with E-state index >= 15 is 0 Å². The van der Waals surface area contributed by atoms with E-state index in [9.17, 15) is 15.0 Å². The van der Waals surface area contributed by atoms with Crippen LogP contribution in [-0.2, 0) is 11.2 Å². The van der Waals surface area contributed by atoms with Crippen molar-refractivity contribution >= 4 is 22.9 Å². The summed E-state index contributed by atoms with van der Waals surface area (Å²) in [5, 5.41) is 24.8. The molecule has 3 aromatic carbocycles. The van der Waals surface area contributed by atoms with Crippen LogP contribution in [-0.4, -0.2) is 22.3 Å². The number of rotatable bonds is 4. The van der Waals surface area contributed by atoms with E-state index in [0.717, 1.165) is 16.3 Å². The van der Waals surface area contributed by atoms with Gasteiger partial charge in [0, 0.05) is 11.6 Å². The Hall–Kier alpha value is -3.34. The van der Waals surface area contributed by atoms with Gasteiger partial charge in [0.25, 0.3) is 0 Å². The topological polar surface area (TPSA) is 81.9 Å². The number of hydrogen-bond acceptors (Lipinski definition) is 4. The molecule has 120 valence electrons. The van der Waals surface area contributed by atoms with Crippen molar-refractivity contribution in [2.45, 2.75) is 6.42 Å². The SMILES string of the molecule is O=C(Cc1cccc2ccccc12)N/N=C\c1ccc(O)cc1O. The summed E-state index contributed by atoms with van der Waals surface area (Å²) in [6, 6.07) is 17.9. The minimum absolute atomic E-state index is 0.0374. The van der Waals surface area contributed by atoms with Gasteiger partial charge in [0.1, 0.15) is 11.5 Å². The highest BCUT2D eigenvalue weighted by Gasteiger charge is 2.06. The van der Waals surface area contributed by atoms with Gasteiger partial charge in [0.15, 0.2) is 0 Å². The van der Waals surface area contributed by atoms with Crippen molar-refractivity contribution in [1.82, 2.24) is 5.43 Å². The number of phenolic OH excluding ortho intramolecular Hbond substituents is 2. The maximum Gasteiger partial charge on any atom is 0.244 e. The number of carbonyl (C=O) groups excluding carboxylic acids is 1. The van der Waals surface area contributed by atoms with E-state index in [-0.39, 0.29) is 23.8 Å². The molecule has 0 aliphatic carbocycles. The summed E-state index contributed by atoms with van der Waals surface area (Å²) in [5.74, 6) is -0.396. The molecule has 0 unspecified atom stereocenters. The van der Waals surface area contributed by atoms with Gasteiger partial charge >= 0.3 is 0 Å². The summed E-state index contributed by atoms with van der Waals surface area (Å²) < 4.78 is 0. The lowest BCUT2D eigenvalue weighted by Crippen LogP contribution is -2.19. The van der Waals surface area contributed by atoms with Crippen molar-refractivity contribution in [3.8, 4) is 11.5 Å². The van der Waals surface area contributed by atoms with Crippen LogP contribution in [0.4, 0.5) is 0 Å². The molecule has 1 amide bonds. The smallest absolute Gasteiger partial charge is 0.244 e. The molecule has 3 rings (SSSR count). The Morgan fingerprint density at radius 2 is 1.83 bits per heavy atom. The summed E-state index contributed by atoms with van der Waals surface area (Å²) in [7, 11) is 0. The van der Waals surface area contributed by atoms with Gasteiger partial charge in [-0.15, -0.1) is 0 Å². The molecule has 0 saturated heterocycles. The maximum atomic E-state index is 12.1. The molecule has 3 aromatic rings. The summed E-state index contributed by atoms with van der Waals surface area (Å²) in [6.07, 6.45) is 1.54. The maximum absolute atomic E-state index is 12.1. The van der Waals surface area contributed by atoms with Crippen molar-refractivity contribution in [1.29, 1.82) is 0 Å². The van der Waals surface area contributed by atoms with Crippen molar-refractivity contribution < 1.29 is 15.0 Å². The number of hydrogen-bond donors (Lipinski definition) is 3. The van der Waals surface area contributed by atoms with Crippen LogP contribution in [0.2, 0.25) is 0 Å². The molecule has 5 heteroatoms. The van der Waals surface area contributed by atoms with Crippen LogP contribution < -0.4 is 5.43 Å². The minimum Gasteiger partial charge on any atom is -0.508 e. The summed E-state index contributed by atoms with van der Waals surface area (Å²) in [6.45, 7) is 0. The molecule has 0 aromatic heterocycles. The summed E-state index contributed by atoms with van der Waals surface area (Å²) in [5.41, 5.74) is 3.77. The van der Waals surface area contributed by atoms with Crippen molar-refractivity contribution in [3.05, 3.63) is 71.8 Å². The van der Waals surface area contributed by atoms with Crippen LogP contribution in [0.5, 0.6) is 11.5 Å². The minimum atomic E-state index is -0.249. The second-order valence-corrected chi connectivity index (χ2v) is 5.35. The third kappa shape index (κ3) is 3.52. The first-order valence-electron chi connectivity index (χ1n) is 7.44. The lowest BCUT2D eigenvalue weighted by atomic mass is 10.0. The number of fused-ring (bicyclic) bond motifs is 1. The van der Waals surface area contributed by atoms with Gasteiger partial charge in [-0.25, -0.2) is 5.43 Å². The number of amides is 1. The van der Waals surface area contributed by atoms with Crippen LogP contribution in [0.3, 0.4) is 0 Å². The average Bonchev–Trinajstić information content (AvgIpc) is 2.57. The zero-order chi connectivity index (χ0) is 16.9. The first-order chi connectivity index (χ1) is 11.6. The van der Waals surface area contributed by atoms with Gasteiger partial charge in [-0.05, 0) is 28.5 Å². The van der Waals surface area contributed by atoms with E-state index in [1.54, 1.807) is 0 Å². The van der Waals surface area contributed by atoms with Crippen LogP contribution in [0, 0.1) is 0 Å². The van der Waals surface area contributed by atoms with Crippen LogP contribution >= 0.6 is 0 Å². The van der Waals surface area contributed by atoms with Crippen molar-refractivity contribution in [2.24, 2.45) is 5.10 Å². The van der Waals surface area contributed by atoms with E-state index < -0.39 is 0 Å². The normalized spacial score (nSPS) is 11.0. The standard InChI is InChI=1S/C19H16N2O3/c22-16-9-8-15(18(23)11-16)12-20-21-19(24)10-14-6-3-5-13-4-1-2-7-17(13)14/h1-9,11-12,22-23H,10H2,(H,21,24)/b20-12-. The third-order valence-corrected chi connectivity index (χ3v) is 3.64. The molecule has 0 saturated carbocycles. The van der Waals surface area contributed by atoms with Crippen LogP contribution in [0.25, 0.3) is 10.8 Å². The molecule has 3 N–H and O–H groups in total. The van der Waals surface area contributed by atoms with Crippen LogP contribution in [0.1, 0.15) is 11.1 Å². The predicted octanol–water partition coefficient (Wildman–Crippen LogP) is 2.94. The molecule has 0 atom stereocenters. The number of carbonyl (C=O) groups is 1. The number of phenols is 2. The molecule has 0 radical (unpaired) electrons.